The van der Waals surface area contributed by atoms with Crippen molar-refractivity contribution in [1.29, 1.82) is 0 Å². The summed E-state index contributed by atoms with van der Waals surface area (Å²) in [6.07, 6.45) is 1.70. The van der Waals surface area contributed by atoms with E-state index in [1.54, 1.807) is 6.92 Å². The highest BCUT2D eigenvalue weighted by Gasteiger charge is 2.39. The summed E-state index contributed by atoms with van der Waals surface area (Å²) in [7, 11) is 0. The first kappa shape index (κ1) is 9.99. The van der Waals surface area contributed by atoms with Crippen LogP contribution in [0.15, 0.2) is 0 Å². The van der Waals surface area contributed by atoms with Crippen LogP contribution in [0.2, 0.25) is 0 Å². The van der Waals surface area contributed by atoms with Gasteiger partial charge in [0.2, 0.25) is 0 Å². The maximum atomic E-state index is 11.4. The van der Waals surface area contributed by atoms with Crippen molar-refractivity contribution in [3.05, 3.63) is 0 Å². The number of hydrogen-bond acceptors (Lipinski definition) is 3. The molecular weight excluding hydrogens is 224 g/mol. The highest BCUT2D eigenvalue weighted by atomic mass is 79.9. The summed E-state index contributed by atoms with van der Waals surface area (Å²) in [5, 5.41) is 0. The molecule has 1 aliphatic heterocycles. The zero-order valence-corrected chi connectivity index (χ0v) is 8.72. The Morgan fingerprint density at radius 1 is 1.75 bits per heavy atom. The molecule has 0 aromatic carbocycles. The van der Waals surface area contributed by atoms with E-state index in [4.69, 9.17) is 9.47 Å². The van der Waals surface area contributed by atoms with Gasteiger partial charge < -0.3 is 9.47 Å². The molecule has 0 amide bonds. The summed E-state index contributed by atoms with van der Waals surface area (Å²) in [5.74, 6) is -0.204. The van der Waals surface area contributed by atoms with Crippen LogP contribution in [0.4, 0.5) is 0 Å². The van der Waals surface area contributed by atoms with Crippen molar-refractivity contribution in [2.75, 3.05) is 19.8 Å². The highest BCUT2D eigenvalue weighted by Crippen LogP contribution is 2.29. The van der Waals surface area contributed by atoms with Crippen molar-refractivity contribution in [2.24, 2.45) is 0 Å². The summed E-state index contributed by atoms with van der Waals surface area (Å²) in [6, 6.07) is 0. The Morgan fingerprint density at radius 3 is 3.00 bits per heavy atom. The van der Waals surface area contributed by atoms with Crippen LogP contribution in [0.25, 0.3) is 0 Å². The summed E-state index contributed by atoms with van der Waals surface area (Å²) in [5.41, 5.74) is 0. The molecule has 0 aliphatic carbocycles. The Hall–Kier alpha value is -0.0900. The van der Waals surface area contributed by atoms with Crippen molar-refractivity contribution >= 4 is 21.9 Å². The maximum absolute atomic E-state index is 11.4. The number of rotatable bonds is 2. The minimum Gasteiger partial charge on any atom is -0.465 e. The third-order valence-corrected chi connectivity index (χ3v) is 2.78. The first-order chi connectivity index (χ1) is 5.69. The monoisotopic (exact) mass is 236 g/mol. The molecule has 4 heteroatoms. The van der Waals surface area contributed by atoms with E-state index >= 15 is 0 Å². The number of carbonyl (C=O) groups is 1. The number of carbonyl (C=O) groups excluding carboxylic acids is 1. The van der Waals surface area contributed by atoms with Crippen molar-refractivity contribution < 1.29 is 14.3 Å². The summed E-state index contributed by atoms with van der Waals surface area (Å²) >= 11 is 3.36. The van der Waals surface area contributed by atoms with Gasteiger partial charge in [0.05, 0.1) is 13.2 Å². The van der Waals surface area contributed by atoms with Crippen LogP contribution >= 0.6 is 15.9 Å². The summed E-state index contributed by atoms with van der Waals surface area (Å²) < 4.78 is 9.54. The van der Waals surface area contributed by atoms with Crippen molar-refractivity contribution in [2.45, 2.75) is 24.1 Å². The summed E-state index contributed by atoms with van der Waals surface area (Å²) in [6.45, 7) is 3.39. The molecule has 0 saturated carbocycles. The van der Waals surface area contributed by atoms with E-state index in [2.05, 4.69) is 15.9 Å². The lowest BCUT2D eigenvalue weighted by Gasteiger charge is -2.28. The third kappa shape index (κ3) is 2.20. The van der Waals surface area contributed by atoms with E-state index in [1.165, 1.54) is 0 Å². The molecule has 1 fully saturated rings. The average molecular weight is 237 g/mol. The SMILES string of the molecule is CCOC(=O)[C@@]1(Br)CCCOC1. The molecule has 1 heterocycles. The molecule has 0 radical (unpaired) electrons. The Balaban J connectivity index is 2.50. The van der Waals surface area contributed by atoms with Gasteiger partial charge in [-0.2, -0.15) is 0 Å². The quantitative estimate of drug-likeness (QED) is 0.539. The van der Waals surface area contributed by atoms with E-state index in [0.29, 0.717) is 13.2 Å². The van der Waals surface area contributed by atoms with Crippen LogP contribution in [0.1, 0.15) is 19.8 Å². The summed E-state index contributed by atoms with van der Waals surface area (Å²) in [4.78, 5) is 11.4. The number of hydrogen-bond donors (Lipinski definition) is 0. The van der Waals surface area contributed by atoms with E-state index in [9.17, 15) is 4.79 Å². The predicted octanol–water partition coefficient (Wildman–Crippen LogP) is 1.49. The highest BCUT2D eigenvalue weighted by molar-refractivity contribution is 9.10. The molecule has 0 aromatic rings. The second-order valence-corrected chi connectivity index (χ2v) is 4.36. The zero-order valence-electron chi connectivity index (χ0n) is 7.14. The minimum atomic E-state index is -0.582. The topological polar surface area (TPSA) is 35.5 Å². The van der Waals surface area contributed by atoms with Crippen molar-refractivity contribution in [3.8, 4) is 0 Å². The van der Waals surface area contributed by atoms with Crippen molar-refractivity contribution in [1.82, 2.24) is 0 Å². The van der Waals surface area contributed by atoms with Gasteiger partial charge in [-0.05, 0) is 19.8 Å². The first-order valence-electron chi connectivity index (χ1n) is 4.13. The molecule has 12 heavy (non-hydrogen) atoms. The lowest BCUT2D eigenvalue weighted by Crippen LogP contribution is -2.41. The van der Waals surface area contributed by atoms with Gasteiger partial charge in [-0.1, -0.05) is 15.9 Å². The van der Waals surface area contributed by atoms with Crippen LogP contribution in [0.5, 0.6) is 0 Å². The third-order valence-electron chi connectivity index (χ3n) is 1.83. The molecule has 1 aliphatic rings. The smallest absolute Gasteiger partial charge is 0.325 e. The lowest BCUT2D eigenvalue weighted by molar-refractivity contribution is -0.149. The molecule has 0 N–H and O–H groups in total. The van der Waals surface area contributed by atoms with Crippen LogP contribution in [0.3, 0.4) is 0 Å². The molecule has 3 nitrogen and oxygen atoms in total. The second kappa shape index (κ2) is 4.23. The number of ether oxygens (including phenoxy) is 2. The largest absolute Gasteiger partial charge is 0.465 e. The molecule has 0 unspecified atom stereocenters. The second-order valence-electron chi connectivity index (χ2n) is 2.84. The van der Waals surface area contributed by atoms with Gasteiger partial charge in [-0.25, -0.2) is 0 Å². The normalized spacial score (nSPS) is 29.8. The first-order valence-corrected chi connectivity index (χ1v) is 4.92. The van der Waals surface area contributed by atoms with Gasteiger partial charge in [-0.3, -0.25) is 4.79 Å². The molecule has 0 bridgehead atoms. The fourth-order valence-corrected chi connectivity index (χ4v) is 1.74. The number of esters is 1. The standard InChI is InChI=1S/C8H13BrO3/c1-2-12-7(10)8(9)4-3-5-11-6-8/h2-6H2,1H3/t8-/m1/s1. The minimum absolute atomic E-state index is 0.204. The van der Waals surface area contributed by atoms with Crippen LogP contribution in [-0.4, -0.2) is 30.1 Å². The molecular formula is C8H13BrO3. The Morgan fingerprint density at radius 2 is 2.50 bits per heavy atom. The number of alkyl halides is 1. The molecule has 0 aromatic heterocycles. The average Bonchev–Trinajstić information content (AvgIpc) is 2.06. The Bertz CT molecular complexity index is 164. The van der Waals surface area contributed by atoms with Crippen molar-refractivity contribution in [3.63, 3.8) is 0 Å². The van der Waals surface area contributed by atoms with Crippen LogP contribution in [-0.2, 0) is 14.3 Å². The van der Waals surface area contributed by atoms with Gasteiger partial charge in [0.25, 0.3) is 0 Å². The van der Waals surface area contributed by atoms with Gasteiger partial charge >= 0.3 is 5.97 Å². The predicted molar refractivity (Wildman–Crippen MR) is 48.3 cm³/mol. The van der Waals surface area contributed by atoms with Gasteiger partial charge in [0.15, 0.2) is 0 Å². The number of halogens is 1. The molecule has 0 spiro atoms. The maximum Gasteiger partial charge on any atom is 0.325 e. The van der Waals surface area contributed by atoms with Gasteiger partial charge in [-0.15, -0.1) is 0 Å². The van der Waals surface area contributed by atoms with E-state index in [0.717, 1.165) is 19.4 Å². The molecule has 1 rings (SSSR count). The fraction of sp³-hybridized carbons (Fsp3) is 0.875. The molecule has 1 saturated heterocycles. The van der Waals surface area contributed by atoms with E-state index < -0.39 is 4.32 Å². The van der Waals surface area contributed by atoms with Gasteiger partial charge in [0.1, 0.15) is 4.32 Å². The zero-order chi connectivity index (χ0) is 9.03. The Kier molecular flexibility index (Phi) is 3.53. The van der Waals surface area contributed by atoms with Crippen LogP contribution in [0, 0.1) is 0 Å². The lowest BCUT2D eigenvalue weighted by atomic mass is 10.0. The fourth-order valence-electron chi connectivity index (χ4n) is 1.18. The van der Waals surface area contributed by atoms with E-state index in [1.807, 2.05) is 0 Å². The van der Waals surface area contributed by atoms with E-state index in [-0.39, 0.29) is 5.97 Å². The Labute approximate surface area is 80.5 Å². The van der Waals surface area contributed by atoms with Gasteiger partial charge in [0, 0.05) is 6.61 Å². The molecule has 1 atom stereocenters. The van der Waals surface area contributed by atoms with Crippen LogP contribution < -0.4 is 0 Å². The molecule has 70 valence electrons.